The van der Waals surface area contributed by atoms with Crippen LogP contribution in [0.3, 0.4) is 0 Å². The van der Waals surface area contributed by atoms with Crippen molar-refractivity contribution in [1.82, 2.24) is 24.6 Å². The zero-order chi connectivity index (χ0) is 24.5. The SMILES string of the molecule is CCOC(=O)N1CCc2cc(OC)c(C(=O)Nc3cccc(-c4nnc5n4[C@H](C)CC5)n3)cc2C1. The first-order chi connectivity index (χ1) is 17.0. The first-order valence-corrected chi connectivity index (χ1v) is 11.8. The minimum absolute atomic E-state index is 0.309. The molecule has 182 valence electrons. The number of anilines is 1. The number of hydrogen-bond acceptors (Lipinski definition) is 7. The Bertz CT molecular complexity index is 1290. The summed E-state index contributed by atoms with van der Waals surface area (Å²) in [4.78, 5) is 31.7. The molecule has 0 radical (unpaired) electrons. The fourth-order valence-electron chi connectivity index (χ4n) is 4.72. The zero-order valence-corrected chi connectivity index (χ0v) is 20.1. The van der Waals surface area contributed by atoms with E-state index in [0.717, 1.165) is 29.8 Å². The van der Waals surface area contributed by atoms with Crippen LogP contribution in [0.5, 0.6) is 5.75 Å². The van der Waals surface area contributed by atoms with Crippen LogP contribution in [0.15, 0.2) is 30.3 Å². The topological polar surface area (TPSA) is 111 Å². The van der Waals surface area contributed by atoms with Gasteiger partial charge in [0.1, 0.15) is 23.1 Å². The molecule has 0 saturated heterocycles. The van der Waals surface area contributed by atoms with Gasteiger partial charge in [-0.15, -0.1) is 10.2 Å². The van der Waals surface area contributed by atoms with Crippen LogP contribution in [0.25, 0.3) is 11.5 Å². The number of aryl methyl sites for hydroxylation is 1. The Kier molecular flexibility index (Phi) is 6.10. The minimum Gasteiger partial charge on any atom is -0.496 e. The monoisotopic (exact) mass is 476 g/mol. The van der Waals surface area contributed by atoms with Gasteiger partial charge in [-0.2, -0.15) is 0 Å². The van der Waals surface area contributed by atoms with Gasteiger partial charge in [-0.1, -0.05) is 6.07 Å². The molecule has 10 heteroatoms. The molecule has 2 amide bonds. The summed E-state index contributed by atoms with van der Waals surface area (Å²) in [7, 11) is 1.54. The quantitative estimate of drug-likeness (QED) is 0.599. The largest absolute Gasteiger partial charge is 0.496 e. The van der Waals surface area contributed by atoms with E-state index >= 15 is 0 Å². The Balaban J connectivity index is 1.39. The lowest BCUT2D eigenvalue weighted by Crippen LogP contribution is -2.36. The molecule has 3 aromatic rings. The Morgan fingerprint density at radius 2 is 2.03 bits per heavy atom. The van der Waals surface area contributed by atoms with Crippen LogP contribution in [0, 0.1) is 0 Å². The number of carbonyl (C=O) groups excluding carboxylic acids is 2. The van der Waals surface area contributed by atoms with Gasteiger partial charge < -0.3 is 24.3 Å². The average Bonchev–Trinajstić information content (AvgIpc) is 3.46. The molecule has 10 nitrogen and oxygen atoms in total. The average molecular weight is 477 g/mol. The van der Waals surface area contributed by atoms with Gasteiger partial charge >= 0.3 is 6.09 Å². The van der Waals surface area contributed by atoms with Crippen molar-refractivity contribution in [3.63, 3.8) is 0 Å². The lowest BCUT2D eigenvalue weighted by Gasteiger charge is -2.28. The maximum Gasteiger partial charge on any atom is 0.410 e. The summed E-state index contributed by atoms with van der Waals surface area (Å²) in [6.07, 6.45) is 2.24. The van der Waals surface area contributed by atoms with Crippen LogP contribution < -0.4 is 10.1 Å². The lowest BCUT2D eigenvalue weighted by atomic mass is 9.96. The third-order valence-electron chi connectivity index (χ3n) is 6.52. The number of carbonyl (C=O) groups is 2. The highest BCUT2D eigenvalue weighted by atomic mass is 16.6. The number of methoxy groups -OCH3 is 1. The summed E-state index contributed by atoms with van der Waals surface area (Å²) in [6, 6.07) is 9.40. The molecule has 1 N–H and O–H groups in total. The number of amides is 2. The maximum atomic E-state index is 13.3. The fraction of sp³-hybridized carbons (Fsp3) is 0.400. The number of nitrogens with one attached hydrogen (secondary N) is 1. The van der Waals surface area contributed by atoms with Crippen molar-refractivity contribution in [3.8, 4) is 17.3 Å². The molecular weight excluding hydrogens is 448 g/mol. The van der Waals surface area contributed by atoms with Gasteiger partial charge in [0.25, 0.3) is 5.91 Å². The van der Waals surface area contributed by atoms with Gasteiger partial charge in [0.2, 0.25) is 0 Å². The van der Waals surface area contributed by atoms with Crippen molar-refractivity contribution in [2.24, 2.45) is 0 Å². The van der Waals surface area contributed by atoms with Crippen LogP contribution in [0.1, 0.15) is 53.6 Å². The molecule has 0 unspecified atom stereocenters. The van der Waals surface area contributed by atoms with E-state index in [-0.39, 0.29) is 12.0 Å². The van der Waals surface area contributed by atoms with Crippen molar-refractivity contribution in [2.45, 2.75) is 45.7 Å². The van der Waals surface area contributed by atoms with E-state index in [1.807, 2.05) is 18.2 Å². The molecule has 1 aromatic carbocycles. The second kappa shape index (κ2) is 9.36. The third-order valence-corrected chi connectivity index (χ3v) is 6.52. The number of benzene rings is 1. The molecule has 0 aliphatic carbocycles. The normalized spacial score (nSPS) is 16.4. The van der Waals surface area contributed by atoms with Gasteiger partial charge in [0.15, 0.2) is 5.82 Å². The van der Waals surface area contributed by atoms with Gasteiger partial charge in [0, 0.05) is 25.6 Å². The highest BCUT2D eigenvalue weighted by Gasteiger charge is 2.27. The highest BCUT2D eigenvalue weighted by molar-refractivity contribution is 6.06. The van der Waals surface area contributed by atoms with E-state index in [1.54, 1.807) is 24.0 Å². The van der Waals surface area contributed by atoms with Gasteiger partial charge in [-0.25, -0.2) is 9.78 Å². The summed E-state index contributed by atoms with van der Waals surface area (Å²) in [5.41, 5.74) is 2.97. The van der Waals surface area contributed by atoms with Crippen LogP contribution in [-0.2, 0) is 24.1 Å². The van der Waals surface area contributed by atoms with E-state index in [9.17, 15) is 9.59 Å². The van der Waals surface area contributed by atoms with Crippen LogP contribution in [-0.4, -0.2) is 56.9 Å². The Labute approximate surface area is 203 Å². The second-order valence-electron chi connectivity index (χ2n) is 8.75. The smallest absolute Gasteiger partial charge is 0.410 e. The first kappa shape index (κ1) is 22.8. The van der Waals surface area contributed by atoms with E-state index < -0.39 is 0 Å². The Morgan fingerprint density at radius 1 is 1.17 bits per heavy atom. The summed E-state index contributed by atoms with van der Waals surface area (Å²) in [5, 5.41) is 11.5. The molecule has 2 aliphatic heterocycles. The number of nitrogens with zero attached hydrogens (tertiary/aromatic N) is 5. The molecule has 0 fully saturated rings. The number of hydrogen-bond donors (Lipinski definition) is 1. The van der Waals surface area contributed by atoms with E-state index in [0.29, 0.717) is 60.8 Å². The number of fused-ring (bicyclic) bond motifs is 2. The molecular formula is C25H28N6O4. The molecule has 0 bridgehead atoms. The van der Waals surface area contributed by atoms with Crippen molar-refractivity contribution >= 4 is 17.8 Å². The van der Waals surface area contributed by atoms with Crippen LogP contribution >= 0.6 is 0 Å². The second-order valence-corrected chi connectivity index (χ2v) is 8.75. The fourth-order valence-corrected chi connectivity index (χ4v) is 4.72. The summed E-state index contributed by atoms with van der Waals surface area (Å²) < 4.78 is 12.8. The molecule has 2 aromatic heterocycles. The van der Waals surface area contributed by atoms with Gasteiger partial charge in [-0.05, 0) is 62.1 Å². The van der Waals surface area contributed by atoms with Crippen LogP contribution in [0.4, 0.5) is 10.6 Å². The van der Waals surface area contributed by atoms with Gasteiger partial charge in [-0.3, -0.25) is 4.79 Å². The standard InChI is InChI=1S/C25H28N6O4/c1-4-35-25(33)30-11-10-16-13-20(34-3)18(12-17(16)14-30)24(32)27-21-7-5-6-19(26-21)23-29-28-22-9-8-15(2)31(22)23/h5-7,12-13,15H,4,8-11,14H2,1-3H3,(H,26,27,32)/t15-/m1/s1. The van der Waals surface area contributed by atoms with E-state index in [2.05, 4.69) is 32.0 Å². The highest BCUT2D eigenvalue weighted by Crippen LogP contribution is 2.31. The van der Waals surface area contributed by atoms with Crippen molar-refractivity contribution < 1.29 is 19.1 Å². The first-order valence-electron chi connectivity index (χ1n) is 11.8. The van der Waals surface area contributed by atoms with Gasteiger partial charge in [0.05, 0.1) is 19.3 Å². The predicted octanol–water partition coefficient (Wildman–Crippen LogP) is 3.62. The molecule has 5 rings (SSSR count). The predicted molar refractivity (Wildman–Crippen MR) is 128 cm³/mol. The molecule has 35 heavy (non-hydrogen) atoms. The Morgan fingerprint density at radius 3 is 2.83 bits per heavy atom. The maximum absolute atomic E-state index is 13.3. The molecule has 0 spiro atoms. The van der Waals surface area contributed by atoms with Crippen LogP contribution in [0.2, 0.25) is 0 Å². The van der Waals surface area contributed by atoms with Crippen molar-refractivity contribution in [3.05, 3.63) is 52.8 Å². The van der Waals surface area contributed by atoms with Crippen molar-refractivity contribution in [1.29, 1.82) is 0 Å². The number of ether oxygens (including phenoxy) is 2. The van der Waals surface area contributed by atoms with E-state index in [1.165, 1.54) is 7.11 Å². The zero-order valence-electron chi connectivity index (χ0n) is 20.1. The van der Waals surface area contributed by atoms with Crippen molar-refractivity contribution in [2.75, 3.05) is 25.6 Å². The third kappa shape index (κ3) is 4.31. The molecule has 2 aliphatic rings. The van der Waals surface area contributed by atoms with E-state index in [4.69, 9.17) is 9.47 Å². The summed E-state index contributed by atoms with van der Waals surface area (Å²) in [5.74, 6) is 2.20. The summed E-state index contributed by atoms with van der Waals surface area (Å²) >= 11 is 0. The number of pyridine rings is 1. The number of rotatable bonds is 5. The number of aromatic nitrogens is 4. The summed E-state index contributed by atoms with van der Waals surface area (Å²) in [6.45, 7) is 5.18. The molecule has 0 saturated carbocycles. The minimum atomic E-state index is -0.352. The molecule has 1 atom stereocenters. The molecule has 4 heterocycles. The Hall–Kier alpha value is -3.95. The lowest BCUT2D eigenvalue weighted by molar-refractivity contribution is 0.102.